The highest BCUT2D eigenvalue weighted by atomic mass is 16.5. The van der Waals surface area contributed by atoms with Crippen LogP contribution in [0.2, 0.25) is 0 Å². The zero-order chi connectivity index (χ0) is 17.8. The molecule has 2 saturated heterocycles. The molecular formula is C17H27N5O3. The fraction of sp³-hybridized carbons (Fsp3) is 0.706. The fourth-order valence-electron chi connectivity index (χ4n) is 3.62. The van der Waals surface area contributed by atoms with Gasteiger partial charge in [0.1, 0.15) is 5.69 Å². The van der Waals surface area contributed by atoms with E-state index in [1.54, 1.807) is 6.07 Å². The number of H-pyrrole nitrogens is 1. The van der Waals surface area contributed by atoms with Gasteiger partial charge in [-0.15, -0.1) is 0 Å². The highest BCUT2D eigenvalue weighted by Crippen LogP contribution is 2.27. The third-order valence-corrected chi connectivity index (χ3v) is 5.20. The molecule has 0 spiro atoms. The quantitative estimate of drug-likeness (QED) is 0.687. The number of ether oxygens (including phenoxy) is 1. The van der Waals surface area contributed by atoms with Gasteiger partial charge in [-0.25, -0.2) is 0 Å². The van der Waals surface area contributed by atoms with Crippen molar-refractivity contribution in [3.8, 4) is 0 Å². The number of hydrogen-bond acceptors (Lipinski definition) is 5. The summed E-state index contributed by atoms with van der Waals surface area (Å²) in [5, 5.41) is 9.88. The van der Waals surface area contributed by atoms with Crippen molar-refractivity contribution < 1.29 is 14.3 Å². The molecule has 138 valence electrons. The van der Waals surface area contributed by atoms with Crippen molar-refractivity contribution in [2.75, 3.05) is 26.2 Å². The van der Waals surface area contributed by atoms with Gasteiger partial charge in [-0.2, -0.15) is 5.10 Å². The Kier molecular flexibility index (Phi) is 5.70. The van der Waals surface area contributed by atoms with E-state index in [1.807, 2.05) is 6.92 Å². The van der Waals surface area contributed by atoms with Crippen molar-refractivity contribution in [2.24, 2.45) is 5.73 Å². The van der Waals surface area contributed by atoms with Crippen molar-refractivity contribution in [2.45, 2.75) is 50.7 Å². The summed E-state index contributed by atoms with van der Waals surface area (Å²) in [6, 6.07) is 1.53. The van der Waals surface area contributed by atoms with Crippen molar-refractivity contribution in [1.82, 2.24) is 20.4 Å². The van der Waals surface area contributed by atoms with E-state index in [1.165, 1.54) is 0 Å². The number of aromatic nitrogens is 2. The summed E-state index contributed by atoms with van der Waals surface area (Å²) in [5.41, 5.74) is 6.43. The lowest BCUT2D eigenvalue weighted by Gasteiger charge is -2.35. The van der Waals surface area contributed by atoms with Gasteiger partial charge in [0.2, 0.25) is 5.91 Å². The molecule has 0 radical (unpaired) electrons. The van der Waals surface area contributed by atoms with Crippen LogP contribution < -0.4 is 11.1 Å². The maximum Gasteiger partial charge on any atom is 0.269 e. The average molecular weight is 349 g/mol. The van der Waals surface area contributed by atoms with Crippen LogP contribution >= 0.6 is 0 Å². The molecule has 3 heterocycles. The van der Waals surface area contributed by atoms with Gasteiger partial charge in [-0.3, -0.25) is 19.6 Å². The average Bonchev–Trinajstić information content (AvgIpc) is 3.30. The molecule has 8 heteroatoms. The van der Waals surface area contributed by atoms with Crippen LogP contribution in [0, 0.1) is 0 Å². The minimum absolute atomic E-state index is 0.0404. The molecule has 0 aromatic carbocycles. The summed E-state index contributed by atoms with van der Waals surface area (Å²) in [4.78, 5) is 25.8. The standard InChI is InChI=1S/C17H27N5O3/c1-11(17(24)19-9-13-5-3-7-25-13)22-6-2-4-12(10-22)14-8-15(16(18)23)21-20-14/h8,11-13H,2-7,9-10H2,1H3,(H2,18,23)(H,19,24)(H,20,21)/t11-,12+,13+/m1/s1. The Balaban J connectivity index is 1.54. The minimum atomic E-state index is -0.531. The summed E-state index contributed by atoms with van der Waals surface area (Å²) < 4.78 is 5.55. The number of carbonyl (C=O) groups excluding carboxylic acids is 2. The van der Waals surface area contributed by atoms with E-state index in [2.05, 4.69) is 20.4 Å². The van der Waals surface area contributed by atoms with Crippen LogP contribution in [0.25, 0.3) is 0 Å². The van der Waals surface area contributed by atoms with Crippen molar-refractivity contribution in [3.63, 3.8) is 0 Å². The molecule has 3 atom stereocenters. The number of primary amides is 1. The number of carbonyl (C=O) groups is 2. The summed E-state index contributed by atoms with van der Waals surface area (Å²) >= 11 is 0. The number of hydrogen-bond donors (Lipinski definition) is 3. The van der Waals surface area contributed by atoms with Gasteiger partial charge < -0.3 is 15.8 Å². The van der Waals surface area contributed by atoms with Crippen LogP contribution in [0.4, 0.5) is 0 Å². The first-order valence-electron chi connectivity index (χ1n) is 9.03. The third kappa shape index (κ3) is 4.38. The lowest BCUT2D eigenvalue weighted by atomic mass is 9.93. The van der Waals surface area contributed by atoms with Crippen LogP contribution in [-0.2, 0) is 9.53 Å². The highest BCUT2D eigenvalue weighted by molar-refractivity contribution is 5.90. The number of amides is 2. The number of nitrogens with two attached hydrogens (primary N) is 1. The Labute approximate surface area is 147 Å². The number of piperidine rings is 1. The summed E-state index contributed by atoms with van der Waals surface area (Å²) in [6.07, 6.45) is 4.24. The lowest BCUT2D eigenvalue weighted by Crippen LogP contribution is -2.49. The summed E-state index contributed by atoms with van der Waals surface area (Å²) in [6.45, 7) is 4.97. The molecule has 0 unspecified atom stereocenters. The fourth-order valence-corrected chi connectivity index (χ4v) is 3.62. The topological polar surface area (TPSA) is 113 Å². The second-order valence-corrected chi connectivity index (χ2v) is 6.96. The highest BCUT2D eigenvalue weighted by Gasteiger charge is 2.29. The molecular weight excluding hydrogens is 322 g/mol. The first kappa shape index (κ1) is 17.9. The third-order valence-electron chi connectivity index (χ3n) is 5.20. The monoisotopic (exact) mass is 349 g/mol. The Bertz CT molecular complexity index is 611. The molecule has 0 bridgehead atoms. The van der Waals surface area contributed by atoms with E-state index in [0.717, 1.165) is 51.1 Å². The maximum atomic E-state index is 12.4. The Morgan fingerprint density at radius 3 is 3.00 bits per heavy atom. The van der Waals surface area contributed by atoms with Crippen molar-refractivity contribution in [3.05, 3.63) is 17.5 Å². The van der Waals surface area contributed by atoms with E-state index in [0.29, 0.717) is 6.54 Å². The number of nitrogens with one attached hydrogen (secondary N) is 2. The molecule has 2 fully saturated rings. The number of aromatic amines is 1. The van der Waals surface area contributed by atoms with Gasteiger partial charge in [-0.1, -0.05) is 0 Å². The first-order chi connectivity index (χ1) is 12.0. The zero-order valence-corrected chi connectivity index (χ0v) is 14.7. The molecule has 3 rings (SSSR count). The van der Waals surface area contributed by atoms with E-state index < -0.39 is 5.91 Å². The predicted molar refractivity (Wildman–Crippen MR) is 92.1 cm³/mol. The molecule has 0 saturated carbocycles. The molecule has 1 aromatic rings. The number of nitrogens with zero attached hydrogens (tertiary/aromatic N) is 2. The Hall–Kier alpha value is -1.93. The van der Waals surface area contributed by atoms with E-state index >= 15 is 0 Å². The SMILES string of the molecule is C[C@H](C(=O)NC[C@@H]1CCCO1)N1CCC[C@H](c2cc(C(N)=O)n[nH]2)C1. The van der Waals surface area contributed by atoms with Crippen LogP contribution in [0.3, 0.4) is 0 Å². The van der Waals surface area contributed by atoms with Gasteiger partial charge in [0, 0.05) is 31.3 Å². The second kappa shape index (κ2) is 7.97. The normalized spacial score (nSPS) is 25.6. The first-order valence-corrected chi connectivity index (χ1v) is 9.03. The van der Waals surface area contributed by atoms with Crippen LogP contribution in [0.1, 0.15) is 54.7 Å². The van der Waals surface area contributed by atoms with Gasteiger partial charge in [-0.05, 0) is 45.2 Å². The van der Waals surface area contributed by atoms with E-state index in [4.69, 9.17) is 10.5 Å². The lowest BCUT2D eigenvalue weighted by molar-refractivity contribution is -0.126. The molecule has 2 aliphatic heterocycles. The van der Waals surface area contributed by atoms with Crippen molar-refractivity contribution in [1.29, 1.82) is 0 Å². The Morgan fingerprint density at radius 2 is 2.32 bits per heavy atom. The predicted octanol–water partition coefficient (Wildman–Crippen LogP) is 0.372. The number of likely N-dealkylation sites (tertiary alicyclic amines) is 1. The maximum absolute atomic E-state index is 12.4. The van der Waals surface area contributed by atoms with Crippen LogP contribution in [0.15, 0.2) is 6.07 Å². The molecule has 4 N–H and O–H groups in total. The van der Waals surface area contributed by atoms with E-state index in [9.17, 15) is 9.59 Å². The smallest absolute Gasteiger partial charge is 0.269 e. The second-order valence-electron chi connectivity index (χ2n) is 6.96. The van der Waals surface area contributed by atoms with E-state index in [-0.39, 0.29) is 29.7 Å². The number of rotatable bonds is 6. The van der Waals surface area contributed by atoms with Gasteiger partial charge >= 0.3 is 0 Å². The molecule has 2 aliphatic rings. The summed E-state index contributed by atoms with van der Waals surface area (Å²) in [7, 11) is 0. The summed E-state index contributed by atoms with van der Waals surface area (Å²) in [5.74, 6) is -0.265. The minimum Gasteiger partial charge on any atom is -0.376 e. The zero-order valence-electron chi connectivity index (χ0n) is 14.7. The molecule has 25 heavy (non-hydrogen) atoms. The van der Waals surface area contributed by atoms with Crippen LogP contribution in [-0.4, -0.2) is 65.3 Å². The molecule has 0 aliphatic carbocycles. The van der Waals surface area contributed by atoms with Gasteiger partial charge in [0.05, 0.1) is 12.1 Å². The van der Waals surface area contributed by atoms with Gasteiger partial charge in [0.25, 0.3) is 5.91 Å². The molecule has 8 nitrogen and oxygen atoms in total. The van der Waals surface area contributed by atoms with Crippen LogP contribution in [0.5, 0.6) is 0 Å². The largest absolute Gasteiger partial charge is 0.376 e. The molecule has 1 aromatic heterocycles. The van der Waals surface area contributed by atoms with Gasteiger partial charge in [0.15, 0.2) is 0 Å². The van der Waals surface area contributed by atoms with Crippen molar-refractivity contribution >= 4 is 11.8 Å². The Morgan fingerprint density at radius 1 is 1.48 bits per heavy atom. The molecule has 2 amide bonds.